The molecule has 0 N–H and O–H groups in total. The molecule has 0 saturated heterocycles. The zero-order valence-corrected chi connectivity index (χ0v) is 13.8. The standard InChI is InChI=1S/C15H28O2Si/c1-7-13(3)15(17-18(4,5)6)16-14-10-8-9-12(2)11-14/h11,14H,7-10H2,1-6H3/b15-13-/t14-/m1/s1. The Kier molecular flexibility index (Phi) is 5.51. The molecule has 0 amide bonds. The Hall–Kier alpha value is -0.703. The van der Waals surface area contributed by atoms with Gasteiger partial charge >= 0.3 is 0 Å². The van der Waals surface area contributed by atoms with Crippen molar-refractivity contribution in [1.82, 2.24) is 0 Å². The van der Waals surface area contributed by atoms with Crippen LogP contribution in [0.3, 0.4) is 0 Å². The van der Waals surface area contributed by atoms with E-state index in [4.69, 9.17) is 9.16 Å². The summed E-state index contributed by atoms with van der Waals surface area (Å²) in [6.45, 7) is 13.0. The Morgan fingerprint density at radius 2 is 2.06 bits per heavy atom. The van der Waals surface area contributed by atoms with Crippen molar-refractivity contribution in [2.75, 3.05) is 0 Å². The molecule has 0 fully saturated rings. The fourth-order valence-corrected chi connectivity index (χ4v) is 2.71. The van der Waals surface area contributed by atoms with Gasteiger partial charge in [-0.3, -0.25) is 0 Å². The van der Waals surface area contributed by atoms with Crippen LogP contribution in [0.15, 0.2) is 23.2 Å². The second kappa shape index (κ2) is 6.46. The minimum Gasteiger partial charge on any atom is -0.520 e. The van der Waals surface area contributed by atoms with Crippen LogP contribution in [-0.4, -0.2) is 14.4 Å². The third-order valence-corrected chi connectivity index (χ3v) is 3.86. The van der Waals surface area contributed by atoms with Crippen molar-refractivity contribution in [2.24, 2.45) is 0 Å². The summed E-state index contributed by atoms with van der Waals surface area (Å²) in [6.07, 6.45) is 6.97. The van der Waals surface area contributed by atoms with Gasteiger partial charge in [-0.05, 0) is 65.2 Å². The first-order valence-corrected chi connectivity index (χ1v) is 10.5. The molecule has 0 aromatic heterocycles. The van der Waals surface area contributed by atoms with Crippen LogP contribution in [0, 0.1) is 0 Å². The highest BCUT2D eigenvalue weighted by atomic mass is 28.4. The number of allylic oxidation sites excluding steroid dienone is 2. The molecule has 0 aromatic rings. The summed E-state index contributed by atoms with van der Waals surface area (Å²) in [5.74, 6) is 0.785. The minimum absolute atomic E-state index is 0.201. The summed E-state index contributed by atoms with van der Waals surface area (Å²) >= 11 is 0. The fourth-order valence-electron chi connectivity index (χ4n) is 1.93. The van der Waals surface area contributed by atoms with Crippen LogP contribution in [0.1, 0.15) is 46.5 Å². The van der Waals surface area contributed by atoms with Crippen LogP contribution in [0.4, 0.5) is 0 Å². The molecule has 0 saturated carbocycles. The minimum atomic E-state index is -1.60. The molecule has 2 nitrogen and oxygen atoms in total. The Labute approximate surface area is 113 Å². The number of ether oxygens (including phenoxy) is 1. The third kappa shape index (κ3) is 5.30. The Morgan fingerprint density at radius 1 is 1.39 bits per heavy atom. The lowest BCUT2D eigenvalue weighted by Gasteiger charge is -2.28. The molecule has 1 rings (SSSR count). The topological polar surface area (TPSA) is 18.5 Å². The first kappa shape index (κ1) is 15.4. The number of hydrogen-bond acceptors (Lipinski definition) is 2. The zero-order chi connectivity index (χ0) is 13.8. The van der Waals surface area contributed by atoms with Gasteiger partial charge < -0.3 is 9.16 Å². The Bertz CT molecular complexity index is 337. The molecular formula is C15H28O2Si. The molecule has 1 aliphatic carbocycles. The first-order chi connectivity index (χ1) is 8.31. The van der Waals surface area contributed by atoms with E-state index >= 15 is 0 Å². The van der Waals surface area contributed by atoms with Gasteiger partial charge in [-0.25, -0.2) is 0 Å². The van der Waals surface area contributed by atoms with E-state index in [-0.39, 0.29) is 6.10 Å². The Morgan fingerprint density at radius 3 is 2.56 bits per heavy atom. The van der Waals surface area contributed by atoms with Crippen molar-refractivity contribution < 1.29 is 9.16 Å². The highest BCUT2D eigenvalue weighted by Gasteiger charge is 2.22. The Balaban J connectivity index is 2.77. The molecule has 0 aromatic carbocycles. The van der Waals surface area contributed by atoms with Crippen LogP contribution in [0.2, 0.25) is 19.6 Å². The van der Waals surface area contributed by atoms with Gasteiger partial charge in [-0.1, -0.05) is 12.5 Å². The molecule has 0 aliphatic heterocycles. The third-order valence-electron chi connectivity index (χ3n) is 3.07. The predicted octanol–water partition coefficient (Wildman–Crippen LogP) is 4.99. The van der Waals surface area contributed by atoms with Crippen LogP contribution < -0.4 is 0 Å². The molecule has 1 aliphatic rings. The van der Waals surface area contributed by atoms with E-state index < -0.39 is 8.32 Å². The zero-order valence-electron chi connectivity index (χ0n) is 12.8. The van der Waals surface area contributed by atoms with Gasteiger partial charge in [0, 0.05) is 5.57 Å². The monoisotopic (exact) mass is 268 g/mol. The average molecular weight is 268 g/mol. The van der Waals surface area contributed by atoms with Gasteiger partial charge in [0.2, 0.25) is 8.32 Å². The van der Waals surface area contributed by atoms with Gasteiger partial charge in [0.05, 0.1) is 0 Å². The van der Waals surface area contributed by atoms with Crippen molar-refractivity contribution in [1.29, 1.82) is 0 Å². The maximum Gasteiger partial charge on any atom is 0.264 e. The summed E-state index contributed by atoms with van der Waals surface area (Å²) in [4.78, 5) is 0. The van der Waals surface area contributed by atoms with E-state index in [1.54, 1.807) is 0 Å². The van der Waals surface area contributed by atoms with Crippen LogP contribution in [0.25, 0.3) is 0 Å². The second-order valence-corrected chi connectivity index (χ2v) is 10.6. The van der Waals surface area contributed by atoms with E-state index in [1.165, 1.54) is 24.0 Å². The van der Waals surface area contributed by atoms with E-state index in [2.05, 4.69) is 46.5 Å². The maximum atomic E-state index is 6.11. The van der Waals surface area contributed by atoms with Crippen LogP contribution >= 0.6 is 0 Å². The van der Waals surface area contributed by atoms with Crippen molar-refractivity contribution >= 4 is 8.32 Å². The molecule has 104 valence electrons. The van der Waals surface area contributed by atoms with Crippen LogP contribution in [0.5, 0.6) is 0 Å². The quantitative estimate of drug-likeness (QED) is 0.397. The van der Waals surface area contributed by atoms with Gasteiger partial charge in [0.1, 0.15) is 6.10 Å². The highest BCUT2D eigenvalue weighted by molar-refractivity contribution is 6.70. The first-order valence-electron chi connectivity index (χ1n) is 7.04. The summed E-state index contributed by atoms with van der Waals surface area (Å²) in [6, 6.07) is 0. The van der Waals surface area contributed by atoms with Gasteiger partial charge in [-0.15, -0.1) is 0 Å². The largest absolute Gasteiger partial charge is 0.520 e. The fraction of sp³-hybridized carbons (Fsp3) is 0.733. The predicted molar refractivity (Wildman–Crippen MR) is 79.9 cm³/mol. The molecule has 0 heterocycles. The molecular weight excluding hydrogens is 240 g/mol. The van der Waals surface area contributed by atoms with Crippen molar-refractivity contribution in [3.05, 3.63) is 23.2 Å². The molecule has 0 unspecified atom stereocenters. The van der Waals surface area contributed by atoms with Crippen molar-refractivity contribution in [3.8, 4) is 0 Å². The van der Waals surface area contributed by atoms with Crippen molar-refractivity contribution in [3.63, 3.8) is 0 Å². The maximum absolute atomic E-state index is 6.11. The van der Waals surface area contributed by atoms with Gasteiger partial charge in [0.15, 0.2) is 0 Å². The SMILES string of the molecule is CC/C(C)=C(/O[C@H]1C=C(C)CCC1)O[Si](C)(C)C. The summed E-state index contributed by atoms with van der Waals surface area (Å²) in [5, 5.41) is 0. The van der Waals surface area contributed by atoms with Crippen LogP contribution in [-0.2, 0) is 9.16 Å². The van der Waals surface area contributed by atoms with E-state index in [0.29, 0.717) is 0 Å². The molecule has 18 heavy (non-hydrogen) atoms. The summed E-state index contributed by atoms with van der Waals surface area (Å²) < 4.78 is 12.2. The summed E-state index contributed by atoms with van der Waals surface area (Å²) in [5.41, 5.74) is 2.65. The smallest absolute Gasteiger partial charge is 0.264 e. The van der Waals surface area contributed by atoms with E-state index in [1.807, 2.05) is 0 Å². The number of hydrogen-bond donors (Lipinski definition) is 0. The normalized spacial score (nSPS) is 22.1. The van der Waals surface area contributed by atoms with E-state index in [0.717, 1.165) is 18.8 Å². The molecule has 0 bridgehead atoms. The lowest BCUT2D eigenvalue weighted by atomic mass is 9.99. The lowest BCUT2D eigenvalue weighted by Crippen LogP contribution is -2.28. The second-order valence-electron chi connectivity index (χ2n) is 6.20. The molecule has 1 atom stereocenters. The average Bonchev–Trinajstić information content (AvgIpc) is 2.25. The highest BCUT2D eigenvalue weighted by Crippen LogP contribution is 2.25. The van der Waals surface area contributed by atoms with Gasteiger partial charge in [0.25, 0.3) is 5.95 Å². The van der Waals surface area contributed by atoms with Crippen molar-refractivity contribution in [2.45, 2.75) is 72.2 Å². The lowest BCUT2D eigenvalue weighted by molar-refractivity contribution is 0.0528. The van der Waals surface area contributed by atoms with Gasteiger partial charge in [-0.2, -0.15) is 0 Å². The molecule has 0 spiro atoms. The molecule has 3 heteroatoms. The van der Waals surface area contributed by atoms with E-state index in [9.17, 15) is 0 Å². The number of rotatable bonds is 5. The molecule has 0 radical (unpaired) electrons. The summed E-state index contributed by atoms with van der Waals surface area (Å²) in [7, 11) is -1.60.